The smallest absolute Gasteiger partial charge is 0.381 e. The van der Waals surface area contributed by atoms with Gasteiger partial charge in [-0.1, -0.05) is 11.6 Å². The fourth-order valence-electron chi connectivity index (χ4n) is 1.25. The molecule has 0 aliphatic carbocycles. The molecule has 1 heterocycles. The van der Waals surface area contributed by atoms with Crippen molar-refractivity contribution < 1.29 is 13.2 Å². The first-order chi connectivity index (χ1) is 7.86. The zero-order chi connectivity index (χ0) is 12.6. The van der Waals surface area contributed by atoms with Crippen LogP contribution in [-0.4, -0.2) is 15.0 Å². The van der Waals surface area contributed by atoms with Gasteiger partial charge >= 0.3 is 6.18 Å². The highest BCUT2D eigenvalue weighted by molar-refractivity contribution is 6.30. The summed E-state index contributed by atoms with van der Waals surface area (Å²) in [4.78, 5) is 0.983. The molecule has 1 aromatic carbocycles. The molecule has 0 aliphatic heterocycles. The molecule has 0 aliphatic rings. The lowest BCUT2D eigenvalue weighted by Crippen LogP contribution is -2.07. The molecule has 4 nitrogen and oxygen atoms in total. The van der Waals surface area contributed by atoms with E-state index in [0.29, 0.717) is 0 Å². The maximum absolute atomic E-state index is 12.5. The van der Waals surface area contributed by atoms with Crippen LogP contribution in [0.1, 0.15) is 5.56 Å². The Kier molecular flexibility index (Phi) is 2.70. The van der Waals surface area contributed by atoms with E-state index in [0.717, 1.165) is 16.9 Å². The second kappa shape index (κ2) is 3.92. The minimum Gasteiger partial charge on any atom is -0.381 e. The summed E-state index contributed by atoms with van der Waals surface area (Å²) >= 11 is 5.61. The number of nitrogen functional groups attached to an aromatic ring is 1. The van der Waals surface area contributed by atoms with E-state index in [9.17, 15) is 13.2 Å². The first-order valence-corrected chi connectivity index (χ1v) is 4.80. The predicted molar refractivity (Wildman–Crippen MR) is 55.8 cm³/mol. The molecule has 17 heavy (non-hydrogen) atoms. The number of halogens is 4. The zero-order valence-electron chi connectivity index (χ0n) is 8.24. The van der Waals surface area contributed by atoms with E-state index in [1.807, 2.05) is 0 Å². The second-order valence-electron chi connectivity index (χ2n) is 3.25. The van der Waals surface area contributed by atoms with Gasteiger partial charge in [-0.05, 0) is 18.2 Å². The van der Waals surface area contributed by atoms with Crippen molar-refractivity contribution in [1.82, 2.24) is 15.0 Å². The largest absolute Gasteiger partial charge is 0.416 e. The summed E-state index contributed by atoms with van der Waals surface area (Å²) in [6.07, 6.45) is -3.24. The Labute approximate surface area is 98.8 Å². The van der Waals surface area contributed by atoms with E-state index < -0.39 is 11.7 Å². The molecule has 1 aromatic heterocycles. The monoisotopic (exact) mass is 262 g/mol. The van der Waals surface area contributed by atoms with Crippen molar-refractivity contribution in [3.63, 3.8) is 0 Å². The number of benzene rings is 1. The Hall–Kier alpha value is -1.76. The molecule has 0 saturated heterocycles. The fraction of sp³-hybridized carbons (Fsp3) is 0.111. The number of hydrogen-bond donors (Lipinski definition) is 1. The van der Waals surface area contributed by atoms with Crippen molar-refractivity contribution in [2.24, 2.45) is 0 Å². The van der Waals surface area contributed by atoms with Crippen molar-refractivity contribution in [2.45, 2.75) is 6.18 Å². The highest BCUT2D eigenvalue weighted by Gasteiger charge is 2.31. The molecule has 0 spiro atoms. The van der Waals surface area contributed by atoms with Crippen LogP contribution >= 0.6 is 11.6 Å². The van der Waals surface area contributed by atoms with E-state index in [-0.39, 0.29) is 16.5 Å². The summed E-state index contributed by atoms with van der Waals surface area (Å²) < 4.78 is 37.6. The third-order valence-electron chi connectivity index (χ3n) is 1.95. The molecule has 0 saturated carbocycles. The van der Waals surface area contributed by atoms with Crippen LogP contribution in [0.2, 0.25) is 5.02 Å². The minimum absolute atomic E-state index is 0.0503. The first-order valence-electron chi connectivity index (χ1n) is 4.42. The fourth-order valence-corrected chi connectivity index (χ4v) is 1.48. The van der Waals surface area contributed by atoms with Gasteiger partial charge in [0.2, 0.25) is 0 Å². The molecule has 0 fully saturated rings. The maximum Gasteiger partial charge on any atom is 0.416 e. The SMILES string of the molecule is Nc1cnn(-c2cc(Cl)cc(C(F)(F)F)c2)n1. The molecule has 0 unspecified atom stereocenters. The summed E-state index contributed by atoms with van der Waals surface area (Å²) in [5.74, 6) is 0.110. The van der Waals surface area contributed by atoms with E-state index in [1.54, 1.807) is 0 Å². The zero-order valence-corrected chi connectivity index (χ0v) is 9.00. The van der Waals surface area contributed by atoms with E-state index >= 15 is 0 Å². The summed E-state index contributed by atoms with van der Waals surface area (Å²) in [6, 6.07) is 3.04. The van der Waals surface area contributed by atoms with Gasteiger partial charge in [-0.2, -0.15) is 18.3 Å². The Morgan fingerprint density at radius 3 is 2.47 bits per heavy atom. The molecule has 0 amide bonds. The van der Waals surface area contributed by atoms with E-state index in [1.165, 1.54) is 12.3 Å². The van der Waals surface area contributed by atoms with Crippen LogP contribution in [0.25, 0.3) is 5.69 Å². The first kappa shape index (κ1) is 11.7. The average molecular weight is 263 g/mol. The number of aromatic nitrogens is 3. The van der Waals surface area contributed by atoms with Gasteiger partial charge in [-0.3, -0.25) is 0 Å². The highest BCUT2D eigenvalue weighted by atomic mass is 35.5. The molecular formula is C9H6ClF3N4. The van der Waals surface area contributed by atoms with Crippen LogP contribution in [-0.2, 0) is 6.18 Å². The van der Waals surface area contributed by atoms with Crippen molar-refractivity contribution in [3.8, 4) is 5.69 Å². The molecule has 0 radical (unpaired) electrons. The number of hydrogen-bond acceptors (Lipinski definition) is 3. The van der Waals surface area contributed by atoms with Gasteiger partial charge in [0.05, 0.1) is 17.4 Å². The molecule has 2 aromatic rings. The predicted octanol–water partition coefficient (Wildman–Crippen LogP) is 2.52. The maximum atomic E-state index is 12.5. The normalized spacial score (nSPS) is 11.8. The van der Waals surface area contributed by atoms with E-state index in [4.69, 9.17) is 17.3 Å². The molecule has 2 N–H and O–H groups in total. The molecule has 8 heteroatoms. The lowest BCUT2D eigenvalue weighted by atomic mass is 10.2. The summed E-state index contributed by atoms with van der Waals surface area (Å²) in [7, 11) is 0. The number of rotatable bonds is 1. The van der Waals surface area contributed by atoms with E-state index in [2.05, 4.69) is 10.2 Å². The van der Waals surface area contributed by atoms with Crippen LogP contribution < -0.4 is 5.73 Å². The lowest BCUT2D eigenvalue weighted by Gasteiger charge is -2.09. The average Bonchev–Trinajstić information content (AvgIpc) is 2.62. The van der Waals surface area contributed by atoms with Crippen molar-refractivity contribution in [1.29, 1.82) is 0 Å². The number of nitrogens with two attached hydrogens (primary N) is 1. The van der Waals surface area contributed by atoms with Gasteiger partial charge in [0, 0.05) is 5.02 Å². The molecule has 2 rings (SSSR count). The molecular weight excluding hydrogens is 257 g/mol. The number of alkyl halides is 3. The van der Waals surface area contributed by atoms with Crippen molar-refractivity contribution >= 4 is 17.4 Å². The quantitative estimate of drug-likeness (QED) is 0.859. The summed E-state index contributed by atoms with van der Waals surface area (Å²) in [6.45, 7) is 0. The minimum atomic E-state index is -4.47. The van der Waals surface area contributed by atoms with Crippen LogP contribution in [0.3, 0.4) is 0 Å². The van der Waals surface area contributed by atoms with Crippen molar-refractivity contribution in [3.05, 3.63) is 35.0 Å². The van der Waals surface area contributed by atoms with Crippen LogP contribution in [0.5, 0.6) is 0 Å². The van der Waals surface area contributed by atoms with Gasteiger partial charge in [0.15, 0.2) is 5.82 Å². The molecule has 0 bridgehead atoms. The van der Waals surface area contributed by atoms with Crippen molar-refractivity contribution in [2.75, 3.05) is 5.73 Å². The topological polar surface area (TPSA) is 56.7 Å². The van der Waals surface area contributed by atoms with Gasteiger partial charge in [0.1, 0.15) is 0 Å². The Bertz CT molecular complexity index is 549. The third-order valence-corrected chi connectivity index (χ3v) is 2.17. The summed E-state index contributed by atoms with van der Waals surface area (Å²) in [5, 5.41) is 7.36. The third kappa shape index (κ3) is 2.50. The Balaban J connectivity index is 2.52. The number of anilines is 1. The summed E-state index contributed by atoms with van der Waals surface area (Å²) in [5.41, 5.74) is 4.56. The van der Waals surface area contributed by atoms with Gasteiger partial charge in [0.25, 0.3) is 0 Å². The lowest BCUT2D eigenvalue weighted by molar-refractivity contribution is -0.137. The standard InChI is InChI=1S/C9H6ClF3N4/c10-6-1-5(9(11,12)13)2-7(3-6)17-15-4-8(14)16-17/h1-4H,(H2,14,16). The number of nitrogens with zero attached hydrogens (tertiary/aromatic N) is 3. The van der Waals surface area contributed by atoms with Crippen LogP contribution in [0.15, 0.2) is 24.4 Å². The van der Waals surface area contributed by atoms with Gasteiger partial charge in [-0.25, -0.2) is 0 Å². The highest BCUT2D eigenvalue weighted by Crippen LogP contribution is 2.32. The Morgan fingerprint density at radius 2 is 1.94 bits per heavy atom. The molecule has 0 atom stereocenters. The Morgan fingerprint density at radius 1 is 1.24 bits per heavy atom. The van der Waals surface area contributed by atoms with Gasteiger partial charge in [-0.15, -0.1) is 9.90 Å². The second-order valence-corrected chi connectivity index (χ2v) is 3.69. The van der Waals surface area contributed by atoms with Crippen LogP contribution in [0.4, 0.5) is 19.0 Å². The van der Waals surface area contributed by atoms with Crippen LogP contribution in [0, 0.1) is 0 Å². The molecule has 90 valence electrons. The van der Waals surface area contributed by atoms with Gasteiger partial charge < -0.3 is 5.73 Å².